The van der Waals surface area contributed by atoms with Crippen LogP contribution in [0.25, 0.3) is 0 Å². The molecule has 0 bridgehead atoms. The van der Waals surface area contributed by atoms with Crippen molar-refractivity contribution >= 4 is 40.7 Å². The van der Waals surface area contributed by atoms with Crippen molar-refractivity contribution in [2.75, 3.05) is 63.6 Å². The molecule has 2 aliphatic rings. The third-order valence-electron chi connectivity index (χ3n) is 7.14. The molecule has 2 heterocycles. The van der Waals surface area contributed by atoms with Crippen LogP contribution < -0.4 is 9.64 Å². The first-order valence-electron chi connectivity index (χ1n) is 13.2. The summed E-state index contributed by atoms with van der Waals surface area (Å²) in [6.07, 6.45) is 0. The molecule has 1 atom stereocenters. The molecule has 3 aromatic rings. The molecule has 204 valence electrons. The molecule has 1 unspecified atom stereocenters. The molecule has 5 rings (SSSR count). The van der Waals surface area contributed by atoms with E-state index in [1.54, 1.807) is 24.1 Å². The zero-order valence-electron chi connectivity index (χ0n) is 22.0. The number of carbonyl (C=O) groups excluding carboxylic acids is 1. The van der Waals surface area contributed by atoms with Crippen molar-refractivity contribution in [3.63, 3.8) is 0 Å². The summed E-state index contributed by atoms with van der Waals surface area (Å²) in [7, 11) is 1.74. The molecule has 0 N–H and O–H groups in total. The van der Waals surface area contributed by atoms with Gasteiger partial charge >= 0.3 is 0 Å². The zero-order valence-corrected chi connectivity index (χ0v) is 23.7. The first-order chi connectivity index (χ1) is 19.0. The molecule has 39 heavy (non-hydrogen) atoms. The highest BCUT2D eigenvalue weighted by Crippen LogP contribution is 2.42. The van der Waals surface area contributed by atoms with Gasteiger partial charge in [-0.15, -0.1) is 11.8 Å². The molecule has 3 aromatic carbocycles. The number of amides is 1. The monoisotopic (exact) mass is 564 g/mol. The standard InChI is InChI=1S/C30H33FN4O2S2/c1-32(28(36)23-8-3-2-4-9-23)30(38)35-19-21-39-29(35)26-12-5-6-13-27(26)37-20-18-33-14-16-34(17-15-33)25-11-7-10-24(31)22-25/h2-13,22,29H,14-21H2,1H3. The summed E-state index contributed by atoms with van der Waals surface area (Å²) in [6.45, 7) is 5.70. The van der Waals surface area contributed by atoms with Crippen molar-refractivity contribution in [1.82, 2.24) is 14.7 Å². The fourth-order valence-electron chi connectivity index (χ4n) is 4.98. The van der Waals surface area contributed by atoms with Gasteiger partial charge in [0.2, 0.25) is 0 Å². The molecule has 0 radical (unpaired) electrons. The smallest absolute Gasteiger partial charge is 0.259 e. The van der Waals surface area contributed by atoms with Gasteiger partial charge in [-0.3, -0.25) is 14.6 Å². The van der Waals surface area contributed by atoms with Gasteiger partial charge in [0, 0.05) is 68.9 Å². The molecule has 0 saturated carbocycles. The molecule has 0 aliphatic carbocycles. The summed E-state index contributed by atoms with van der Waals surface area (Å²) >= 11 is 7.61. The largest absolute Gasteiger partial charge is 0.492 e. The Morgan fingerprint density at radius 2 is 1.74 bits per heavy atom. The van der Waals surface area contributed by atoms with E-state index in [1.807, 2.05) is 66.4 Å². The van der Waals surface area contributed by atoms with E-state index in [1.165, 1.54) is 6.07 Å². The van der Waals surface area contributed by atoms with Crippen LogP contribution in [-0.2, 0) is 0 Å². The zero-order chi connectivity index (χ0) is 27.2. The maximum absolute atomic E-state index is 13.6. The minimum absolute atomic E-state index is 0.0189. The Kier molecular flexibility index (Phi) is 9.01. The van der Waals surface area contributed by atoms with Gasteiger partial charge in [-0.25, -0.2) is 4.39 Å². The van der Waals surface area contributed by atoms with E-state index in [-0.39, 0.29) is 17.1 Å². The van der Waals surface area contributed by atoms with Crippen molar-refractivity contribution in [2.45, 2.75) is 5.37 Å². The Morgan fingerprint density at radius 1 is 1.00 bits per heavy atom. The van der Waals surface area contributed by atoms with Crippen molar-refractivity contribution in [1.29, 1.82) is 0 Å². The summed E-state index contributed by atoms with van der Waals surface area (Å²) in [5, 5.41) is 0.499. The minimum atomic E-state index is -0.198. The van der Waals surface area contributed by atoms with E-state index in [0.29, 0.717) is 17.3 Å². The van der Waals surface area contributed by atoms with Crippen LogP contribution in [0.3, 0.4) is 0 Å². The molecule has 2 aliphatic heterocycles. The lowest BCUT2D eigenvalue weighted by molar-refractivity contribution is 0.0860. The number of halogens is 1. The number of nitrogens with zero attached hydrogens (tertiary/aromatic N) is 4. The number of hydrogen-bond acceptors (Lipinski definition) is 6. The van der Waals surface area contributed by atoms with Crippen LogP contribution in [-0.4, -0.2) is 84.4 Å². The minimum Gasteiger partial charge on any atom is -0.492 e. The number of thioether (sulfide) groups is 1. The Hall–Kier alpha value is -3.14. The SMILES string of the molecule is CN(C(=O)c1ccccc1)C(=S)N1CCSC1c1ccccc1OCCN1CCN(c2cccc(F)c2)CC1. The molecule has 0 aromatic heterocycles. The number of thiocarbonyl (C=S) groups is 1. The highest BCUT2D eigenvalue weighted by molar-refractivity contribution is 7.99. The summed E-state index contributed by atoms with van der Waals surface area (Å²) in [6, 6.07) is 24.1. The van der Waals surface area contributed by atoms with E-state index >= 15 is 0 Å². The van der Waals surface area contributed by atoms with Gasteiger partial charge in [-0.05, 0) is 48.6 Å². The molecule has 6 nitrogen and oxygen atoms in total. The average Bonchev–Trinajstić information content (AvgIpc) is 3.47. The summed E-state index contributed by atoms with van der Waals surface area (Å²) in [5.74, 6) is 1.46. The van der Waals surface area contributed by atoms with Gasteiger partial charge in [-0.2, -0.15) is 0 Å². The van der Waals surface area contributed by atoms with E-state index in [0.717, 1.165) is 62.0 Å². The number of carbonyl (C=O) groups is 1. The topological polar surface area (TPSA) is 39.3 Å². The molecule has 2 fully saturated rings. The van der Waals surface area contributed by atoms with Crippen LogP contribution >= 0.6 is 24.0 Å². The lowest BCUT2D eigenvalue weighted by Crippen LogP contribution is -2.47. The second-order valence-electron chi connectivity index (χ2n) is 9.62. The summed E-state index contributed by atoms with van der Waals surface area (Å²) < 4.78 is 19.9. The van der Waals surface area contributed by atoms with Crippen LogP contribution in [0.2, 0.25) is 0 Å². The van der Waals surface area contributed by atoms with Crippen LogP contribution in [0.15, 0.2) is 78.9 Å². The van der Waals surface area contributed by atoms with Gasteiger partial charge in [0.1, 0.15) is 23.5 Å². The number of rotatable bonds is 7. The average molecular weight is 565 g/mol. The number of benzene rings is 3. The van der Waals surface area contributed by atoms with Crippen molar-refractivity contribution in [3.05, 3.63) is 95.8 Å². The normalized spacial score (nSPS) is 17.7. The predicted molar refractivity (Wildman–Crippen MR) is 160 cm³/mol. The number of piperazine rings is 1. The molecule has 1 amide bonds. The highest BCUT2D eigenvalue weighted by atomic mass is 32.2. The number of para-hydroxylation sites is 1. The third kappa shape index (κ3) is 6.54. The van der Waals surface area contributed by atoms with Crippen LogP contribution in [0.1, 0.15) is 21.3 Å². The van der Waals surface area contributed by atoms with Crippen molar-refractivity contribution in [2.24, 2.45) is 0 Å². The first kappa shape index (κ1) is 27.4. The van der Waals surface area contributed by atoms with E-state index in [9.17, 15) is 9.18 Å². The maximum Gasteiger partial charge on any atom is 0.259 e. The number of hydrogen-bond donors (Lipinski definition) is 0. The van der Waals surface area contributed by atoms with Gasteiger partial charge in [0.25, 0.3) is 5.91 Å². The van der Waals surface area contributed by atoms with Crippen LogP contribution in [0.4, 0.5) is 10.1 Å². The van der Waals surface area contributed by atoms with Gasteiger partial charge in [-0.1, -0.05) is 42.5 Å². The maximum atomic E-state index is 13.6. The predicted octanol–water partition coefficient (Wildman–Crippen LogP) is 5.13. The van der Waals surface area contributed by atoms with Crippen LogP contribution in [0, 0.1) is 5.82 Å². The lowest BCUT2D eigenvalue weighted by atomic mass is 10.2. The number of anilines is 1. The Morgan fingerprint density at radius 3 is 2.51 bits per heavy atom. The molecular formula is C30H33FN4O2S2. The Balaban J connectivity index is 1.17. The Bertz CT molecular complexity index is 1290. The molecule has 9 heteroatoms. The van der Waals surface area contributed by atoms with Gasteiger partial charge in [0.05, 0.1) is 0 Å². The van der Waals surface area contributed by atoms with E-state index in [4.69, 9.17) is 17.0 Å². The van der Waals surface area contributed by atoms with Gasteiger partial charge in [0.15, 0.2) is 5.11 Å². The van der Waals surface area contributed by atoms with E-state index < -0.39 is 0 Å². The quantitative estimate of drug-likeness (QED) is 0.369. The third-order valence-corrected chi connectivity index (χ3v) is 8.90. The van der Waals surface area contributed by atoms with Crippen LogP contribution in [0.5, 0.6) is 5.75 Å². The summed E-state index contributed by atoms with van der Waals surface area (Å²) in [4.78, 5) is 21.3. The molecular weight excluding hydrogens is 531 g/mol. The molecule has 2 saturated heterocycles. The summed E-state index contributed by atoms with van der Waals surface area (Å²) in [5.41, 5.74) is 2.62. The second-order valence-corrected chi connectivity index (χ2v) is 11.2. The Labute approximate surface area is 239 Å². The first-order valence-corrected chi connectivity index (χ1v) is 14.7. The number of ether oxygens (including phenoxy) is 1. The van der Waals surface area contributed by atoms with E-state index in [2.05, 4.69) is 20.8 Å². The fourth-order valence-corrected chi connectivity index (χ4v) is 6.61. The molecule has 0 spiro atoms. The highest BCUT2D eigenvalue weighted by Gasteiger charge is 2.33. The lowest BCUT2D eigenvalue weighted by Gasteiger charge is -2.36. The van der Waals surface area contributed by atoms with Gasteiger partial charge < -0.3 is 14.5 Å². The van der Waals surface area contributed by atoms with Crippen molar-refractivity contribution in [3.8, 4) is 5.75 Å². The van der Waals surface area contributed by atoms with Crippen molar-refractivity contribution < 1.29 is 13.9 Å². The second kappa shape index (κ2) is 12.8. The fraction of sp³-hybridized carbons (Fsp3) is 0.333.